The largest absolute Gasteiger partial charge is 0.493 e. The Hall–Kier alpha value is -3.62. The topological polar surface area (TPSA) is 97.6 Å². The molecule has 0 unspecified atom stereocenters. The monoisotopic (exact) mass is 804 g/mol. The third-order valence-electron chi connectivity index (χ3n) is 7.09. The first-order valence-corrected chi connectivity index (χ1v) is 16.5. The molecular formula is C33H30BrIN2O7S. The highest BCUT2D eigenvalue weighted by molar-refractivity contribution is 14.1. The Balaban J connectivity index is 1.64. The molecule has 0 saturated heterocycles. The van der Waals surface area contributed by atoms with Gasteiger partial charge in [0.1, 0.15) is 6.61 Å². The predicted molar refractivity (Wildman–Crippen MR) is 184 cm³/mol. The third-order valence-corrected chi connectivity index (χ3v) is 9.56. The number of methoxy groups -OCH3 is 3. The molecule has 45 heavy (non-hydrogen) atoms. The summed E-state index contributed by atoms with van der Waals surface area (Å²) in [4.78, 5) is 32.6. The van der Waals surface area contributed by atoms with Gasteiger partial charge in [0.05, 0.1) is 53.4 Å². The van der Waals surface area contributed by atoms with E-state index in [1.54, 1.807) is 46.3 Å². The van der Waals surface area contributed by atoms with E-state index in [1.165, 1.54) is 23.0 Å². The van der Waals surface area contributed by atoms with Crippen molar-refractivity contribution in [3.63, 3.8) is 0 Å². The van der Waals surface area contributed by atoms with Crippen molar-refractivity contribution in [3.05, 3.63) is 110 Å². The van der Waals surface area contributed by atoms with Crippen molar-refractivity contribution in [1.29, 1.82) is 0 Å². The summed E-state index contributed by atoms with van der Waals surface area (Å²) in [5.74, 6) is 1.56. The number of fused-ring (bicyclic) bond motifs is 1. The zero-order valence-electron chi connectivity index (χ0n) is 25.2. The molecule has 3 aromatic carbocycles. The van der Waals surface area contributed by atoms with Gasteiger partial charge in [-0.15, -0.1) is 0 Å². The van der Waals surface area contributed by atoms with Gasteiger partial charge in [0.2, 0.25) is 0 Å². The fraction of sp³-hybridized carbons (Fsp3) is 0.242. The van der Waals surface area contributed by atoms with Gasteiger partial charge in [-0.05, 0) is 83.5 Å². The molecule has 1 aliphatic rings. The first-order chi connectivity index (χ1) is 21.7. The lowest BCUT2D eigenvalue weighted by Crippen LogP contribution is -2.40. The molecule has 1 atom stereocenters. The SMILES string of the molecule is CCOC(=O)C1=C(C)N=c2s/c(=C\c3cc(I)c(OCc4ccccc4)c(OC)c3)c(=O)n2[C@@H]1c1cc(OC)c(OC)cc1Br. The maximum absolute atomic E-state index is 14.2. The first-order valence-electron chi connectivity index (χ1n) is 13.9. The van der Waals surface area contributed by atoms with Crippen LogP contribution in [0.25, 0.3) is 6.08 Å². The molecule has 12 heteroatoms. The minimum absolute atomic E-state index is 0.172. The summed E-state index contributed by atoms with van der Waals surface area (Å²) in [6, 6.07) is 16.3. The molecular weight excluding hydrogens is 775 g/mol. The number of hydrogen-bond donors (Lipinski definition) is 0. The zero-order chi connectivity index (χ0) is 32.2. The fourth-order valence-corrected chi connectivity index (χ4v) is 7.38. The Kier molecular flexibility index (Phi) is 10.3. The standard InChI is InChI=1S/C33H30BrIN2O7S/c1-6-43-32(39)28-18(2)36-33-37(29(28)21-15-24(40-3)25(41-4)16-22(21)34)31(38)27(45-33)14-20-12-23(35)30(26(13-20)42-5)44-17-19-10-8-7-9-11-19/h7-16,29H,6,17H2,1-5H3/b27-14-/t29-/m1/s1. The molecule has 234 valence electrons. The number of allylic oxidation sites excluding steroid dienone is 1. The van der Waals surface area contributed by atoms with Crippen molar-refractivity contribution in [2.75, 3.05) is 27.9 Å². The average molecular weight is 805 g/mol. The van der Waals surface area contributed by atoms with E-state index in [0.717, 1.165) is 14.7 Å². The van der Waals surface area contributed by atoms with E-state index < -0.39 is 12.0 Å². The number of halogens is 2. The van der Waals surface area contributed by atoms with Crippen LogP contribution in [0.4, 0.5) is 0 Å². The molecule has 0 bridgehead atoms. The minimum atomic E-state index is -0.833. The molecule has 9 nitrogen and oxygen atoms in total. The van der Waals surface area contributed by atoms with Crippen LogP contribution in [0.5, 0.6) is 23.0 Å². The van der Waals surface area contributed by atoms with Crippen LogP contribution in [-0.2, 0) is 16.1 Å². The molecule has 0 N–H and O–H groups in total. The van der Waals surface area contributed by atoms with Crippen LogP contribution in [0.3, 0.4) is 0 Å². The number of esters is 1. The number of rotatable bonds is 10. The van der Waals surface area contributed by atoms with Crippen LogP contribution >= 0.6 is 49.9 Å². The lowest BCUT2D eigenvalue weighted by atomic mass is 9.95. The summed E-state index contributed by atoms with van der Waals surface area (Å²) in [5, 5.41) is 0. The van der Waals surface area contributed by atoms with E-state index >= 15 is 0 Å². The Morgan fingerprint density at radius 2 is 1.73 bits per heavy atom. The van der Waals surface area contributed by atoms with Crippen LogP contribution in [0.2, 0.25) is 0 Å². The van der Waals surface area contributed by atoms with Gasteiger partial charge in [0, 0.05) is 4.47 Å². The van der Waals surface area contributed by atoms with Gasteiger partial charge in [-0.2, -0.15) is 0 Å². The molecule has 0 amide bonds. The molecule has 0 fully saturated rings. The first kappa shape index (κ1) is 32.8. The van der Waals surface area contributed by atoms with Gasteiger partial charge in [-0.25, -0.2) is 9.79 Å². The Morgan fingerprint density at radius 3 is 2.40 bits per heavy atom. The smallest absolute Gasteiger partial charge is 0.338 e. The average Bonchev–Trinajstić information content (AvgIpc) is 3.33. The van der Waals surface area contributed by atoms with Crippen molar-refractivity contribution in [3.8, 4) is 23.0 Å². The second kappa shape index (κ2) is 14.2. The number of aromatic nitrogens is 1. The molecule has 1 aliphatic heterocycles. The van der Waals surface area contributed by atoms with E-state index in [0.29, 0.717) is 54.7 Å². The number of nitrogens with zero attached hydrogens (tertiary/aromatic N) is 2. The molecule has 0 spiro atoms. The normalized spacial score (nSPS) is 14.5. The van der Waals surface area contributed by atoms with Crippen molar-refractivity contribution >= 4 is 61.9 Å². The molecule has 2 heterocycles. The Labute approximate surface area is 286 Å². The summed E-state index contributed by atoms with van der Waals surface area (Å²) in [5.41, 5.74) is 2.82. The highest BCUT2D eigenvalue weighted by Gasteiger charge is 2.35. The molecule has 1 aromatic heterocycles. The summed E-state index contributed by atoms with van der Waals surface area (Å²) < 4.78 is 31.7. The zero-order valence-corrected chi connectivity index (χ0v) is 29.7. The number of hydrogen-bond acceptors (Lipinski definition) is 9. The van der Waals surface area contributed by atoms with Crippen molar-refractivity contribution in [2.24, 2.45) is 4.99 Å². The molecule has 0 saturated carbocycles. The van der Waals surface area contributed by atoms with Crippen molar-refractivity contribution < 1.29 is 28.5 Å². The maximum Gasteiger partial charge on any atom is 0.338 e. The van der Waals surface area contributed by atoms with E-state index in [-0.39, 0.29) is 17.7 Å². The maximum atomic E-state index is 14.2. The molecule has 5 rings (SSSR count). The molecule has 4 aromatic rings. The van der Waals surface area contributed by atoms with Gasteiger partial charge in [0.25, 0.3) is 5.56 Å². The van der Waals surface area contributed by atoms with Gasteiger partial charge in [-0.3, -0.25) is 9.36 Å². The van der Waals surface area contributed by atoms with E-state index in [4.69, 9.17) is 23.7 Å². The summed E-state index contributed by atoms with van der Waals surface area (Å²) in [6.07, 6.45) is 1.79. The van der Waals surface area contributed by atoms with Crippen molar-refractivity contribution in [1.82, 2.24) is 4.57 Å². The van der Waals surface area contributed by atoms with E-state index in [9.17, 15) is 9.59 Å². The van der Waals surface area contributed by atoms with Crippen LogP contribution in [0, 0.1) is 3.57 Å². The molecule has 0 radical (unpaired) electrons. The summed E-state index contributed by atoms with van der Waals surface area (Å²) in [7, 11) is 4.65. The lowest BCUT2D eigenvalue weighted by molar-refractivity contribution is -0.139. The number of thiazole rings is 1. The van der Waals surface area contributed by atoms with Crippen molar-refractivity contribution in [2.45, 2.75) is 26.5 Å². The van der Waals surface area contributed by atoms with Gasteiger partial charge >= 0.3 is 5.97 Å². The predicted octanol–water partition coefficient (Wildman–Crippen LogP) is 5.77. The highest BCUT2D eigenvalue weighted by Crippen LogP contribution is 2.41. The number of benzene rings is 3. The number of ether oxygens (including phenoxy) is 5. The second-order valence-corrected chi connectivity index (χ2v) is 12.9. The highest BCUT2D eigenvalue weighted by atomic mass is 127. The van der Waals surface area contributed by atoms with E-state index in [2.05, 4.69) is 43.5 Å². The second-order valence-electron chi connectivity index (χ2n) is 9.84. The Bertz CT molecular complexity index is 1970. The summed E-state index contributed by atoms with van der Waals surface area (Å²) >= 11 is 7.07. The van der Waals surface area contributed by atoms with E-state index in [1.807, 2.05) is 42.5 Å². The van der Waals surface area contributed by atoms with Crippen LogP contribution in [-0.4, -0.2) is 38.5 Å². The Morgan fingerprint density at radius 1 is 1.04 bits per heavy atom. The number of carbonyl (C=O) groups is 1. The van der Waals surface area contributed by atoms with Gasteiger partial charge in [-0.1, -0.05) is 57.6 Å². The minimum Gasteiger partial charge on any atom is -0.493 e. The van der Waals surface area contributed by atoms with Gasteiger partial charge in [0.15, 0.2) is 27.8 Å². The van der Waals surface area contributed by atoms with Gasteiger partial charge < -0.3 is 23.7 Å². The number of carbonyl (C=O) groups excluding carboxylic acids is 1. The summed E-state index contributed by atoms with van der Waals surface area (Å²) in [6.45, 7) is 4.04. The quantitative estimate of drug-likeness (QED) is 0.148. The lowest BCUT2D eigenvalue weighted by Gasteiger charge is -2.26. The van der Waals surface area contributed by atoms with Crippen LogP contribution in [0.15, 0.2) is 80.1 Å². The van der Waals surface area contributed by atoms with Crippen LogP contribution in [0.1, 0.15) is 36.6 Å². The van der Waals surface area contributed by atoms with Crippen LogP contribution < -0.4 is 33.8 Å². The third kappa shape index (κ3) is 6.68. The fourth-order valence-electron chi connectivity index (χ4n) is 5.01. The molecule has 0 aliphatic carbocycles.